The Morgan fingerprint density at radius 1 is 1.48 bits per heavy atom. The van der Waals surface area contributed by atoms with Gasteiger partial charge in [-0.2, -0.15) is 0 Å². The third-order valence-electron chi connectivity index (χ3n) is 4.66. The van der Waals surface area contributed by atoms with E-state index in [-0.39, 0.29) is 5.91 Å². The van der Waals surface area contributed by atoms with E-state index in [0.29, 0.717) is 18.3 Å². The summed E-state index contributed by atoms with van der Waals surface area (Å²) in [6.45, 7) is 8.63. The molecule has 116 valence electrons. The quantitative estimate of drug-likeness (QED) is 0.870. The van der Waals surface area contributed by atoms with Gasteiger partial charge in [-0.1, -0.05) is 19.9 Å². The molecule has 21 heavy (non-hydrogen) atoms. The molecule has 1 aromatic rings. The molecule has 3 nitrogen and oxygen atoms in total. The highest BCUT2D eigenvalue weighted by Gasteiger charge is 2.22. The maximum Gasteiger partial charge on any atom is 0.224 e. The molecule has 1 heterocycles. The van der Waals surface area contributed by atoms with Crippen molar-refractivity contribution in [3.8, 4) is 0 Å². The zero-order valence-electron chi connectivity index (χ0n) is 13.5. The second kappa shape index (κ2) is 7.60. The maximum atomic E-state index is 12.2. The normalized spacial score (nSPS) is 20.0. The van der Waals surface area contributed by atoms with Crippen LogP contribution < -0.4 is 10.6 Å². The Balaban J connectivity index is 1.89. The summed E-state index contributed by atoms with van der Waals surface area (Å²) in [4.78, 5) is 12.2. The number of amides is 1. The molecule has 0 radical (unpaired) electrons. The largest absolute Gasteiger partial charge is 0.326 e. The molecule has 1 saturated heterocycles. The minimum absolute atomic E-state index is 0.138. The van der Waals surface area contributed by atoms with Crippen molar-refractivity contribution in [3.63, 3.8) is 0 Å². The first kappa shape index (κ1) is 16.0. The highest BCUT2D eigenvalue weighted by Crippen LogP contribution is 2.23. The molecule has 0 saturated carbocycles. The molecule has 1 fully saturated rings. The average Bonchev–Trinajstić information content (AvgIpc) is 2.50. The van der Waals surface area contributed by atoms with Crippen LogP contribution in [0.2, 0.25) is 0 Å². The first-order chi connectivity index (χ1) is 10.1. The van der Waals surface area contributed by atoms with Gasteiger partial charge in [-0.05, 0) is 74.4 Å². The van der Waals surface area contributed by atoms with Gasteiger partial charge >= 0.3 is 0 Å². The number of piperidine rings is 1. The van der Waals surface area contributed by atoms with Crippen molar-refractivity contribution in [1.29, 1.82) is 0 Å². The molecular formula is C18H28N2O. The molecule has 2 unspecified atom stereocenters. The van der Waals surface area contributed by atoms with Crippen LogP contribution in [0.25, 0.3) is 0 Å². The second-order valence-electron chi connectivity index (χ2n) is 6.33. The van der Waals surface area contributed by atoms with Crippen LogP contribution in [0.4, 0.5) is 5.69 Å². The summed E-state index contributed by atoms with van der Waals surface area (Å²) >= 11 is 0. The van der Waals surface area contributed by atoms with Crippen LogP contribution in [0.15, 0.2) is 18.2 Å². The Kier molecular flexibility index (Phi) is 5.80. The lowest BCUT2D eigenvalue weighted by molar-refractivity contribution is -0.117. The van der Waals surface area contributed by atoms with Gasteiger partial charge in [0.2, 0.25) is 5.91 Å². The summed E-state index contributed by atoms with van der Waals surface area (Å²) in [7, 11) is 0. The van der Waals surface area contributed by atoms with E-state index in [1.54, 1.807) is 0 Å². The third-order valence-corrected chi connectivity index (χ3v) is 4.66. The molecule has 0 bridgehead atoms. The summed E-state index contributed by atoms with van der Waals surface area (Å²) in [5.74, 6) is 1.21. The number of hydrogen-bond donors (Lipinski definition) is 2. The fraction of sp³-hybridized carbons (Fsp3) is 0.611. The molecule has 0 aromatic heterocycles. The number of carbonyl (C=O) groups excluding carboxylic acids is 1. The second-order valence-corrected chi connectivity index (χ2v) is 6.33. The maximum absolute atomic E-state index is 12.2. The predicted molar refractivity (Wildman–Crippen MR) is 88.6 cm³/mol. The van der Waals surface area contributed by atoms with Gasteiger partial charge in [0.15, 0.2) is 0 Å². The lowest BCUT2D eigenvalue weighted by Crippen LogP contribution is -2.34. The zero-order chi connectivity index (χ0) is 15.2. The van der Waals surface area contributed by atoms with Gasteiger partial charge < -0.3 is 10.6 Å². The molecule has 0 spiro atoms. The Morgan fingerprint density at radius 2 is 2.29 bits per heavy atom. The summed E-state index contributed by atoms with van der Waals surface area (Å²) in [5, 5.41) is 6.48. The standard InChI is InChI=1S/C18H28N2O/c1-4-15-11-17(8-7-13(15)2)20-18(21)10-14(3)16-6-5-9-19-12-16/h7-8,11,14,16,19H,4-6,9-10,12H2,1-3H3,(H,20,21). The van der Waals surface area contributed by atoms with E-state index in [4.69, 9.17) is 0 Å². The molecule has 1 aliphatic heterocycles. The smallest absolute Gasteiger partial charge is 0.224 e. The highest BCUT2D eigenvalue weighted by atomic mass is 16.1. The third kappa shape index (κ3) is 4.57. The number of hydrogen-bond acceptors (Lipinski definition) is 2. The van der Waals surface area contributed by atoms with Gasteiger partial charge in [0.25, 0.3) is 0 Å². The van der Waals surface area contributed by atoms with Crippen LogP contribution in [-0.2, 0) is 11.2 Å². The van der Waals surface area contributed by atoms with Gasteiger partial charge in [-0.15, -0.1) is 0 Å². The van der Waals surface area contributed by atoms with Crippen molar-refractivity contribution in [1.82, 2.24) is 5.32 Å². The van der Waals surface area contributed by atoms with E-state index in [0.717, 1.165) is 25.2 Å². The van der Waals surface area contributed by atoms with Crippen LogP contribution in [0.5, 0.6) is 0 Å². The van der Waals surface area contributed by atoms with E-state index < -0.39 is 0 Å². The molecule has 2 N–H and O–H groups in total. The Morgan fingerprint density at radius 3 is 2.95 bits per heavy atom. The number of aryl methyl sites for hydroxylation is 2. The fourth-order valence-electron chi connectivity index (χ4n) is 3.17. The van der Waals surface area contributed by atoms with Gasteiger partial charge in [0, 0.05) is 12.1 Å². The van der Waals surface area contributed by atoms with Crippen molar-refractivity contribution < 1.29 is 4.79 Å². The Labute approximate surface area is 128 Å². The van der Waals surface area contributed by atoms with Crippen LogP contribution in [0, 0.1) is 18.8 Å². The van der Waals surface area contributed by atoms with Gasteiger partial charge in [0.05, 0.1) is 0 Å². The minimum atomic E-state index is 0.138. The van der Waals surface area contributed by atoms with E-state index in [1.807, 2.05) is 6.07 Å². The summed E-state index contributed by atoms with van der Waals surface area (Å²) in [6.07, 6.45) is 4.09. The Bertz CT molecular complexity index is 478. The number of benzene rings is 1. The first-order valence-electron chi connectivity index (χ1n) is 8.20. The van der Waals surface area contributed by atoms with Crippen molar-refractivity contribution in [2.75, 3.05) is 18.4 Å². The van der Waals surface area contributed by atoms with E-state index in [2.05, 4.69) is 43.5 Å². The van der Waals surface area contributed by atoms with Crippen LogP contribution in [0.3, 0.4) is 0 Å². The molecular weight excluding hydrogens is 260 g/mol. The van der Waals surface area contributed by atoms with Crippen molar-refractivity contribution in [2.24, 2.45) is 11.8 Å². The number of nitrogens with one attached hydrogen (secondary N) is 2. The van der Waals surface area contributed by atoms with Crippen LogP contribution in [-0.4, -0.2) is 19.0 Å². The minimum Gasteiger partial charge on any atom is -0.326 e. The fourth-order valence-corrected chi connectivity index (χ4v) is 3.17. The monoisotopic (exact) mass is 288 g/mol. The number of anilines is 1. The molecule has 2 atom stereocenters. The molecule has 1 aromatic carbocycles. The first-order valence-corrected chi connectivity index (χ1v) is 8.20. The number of carbonyl (C=O) groups is 1. The van der Waals surface area contributed by atoms with Crippen LogP contribution in [0.1, 0.15) is 44.2 Å². The zero-order valence-corrected chi connectivity index (χ0v) is 13.5. The number of rotatable bonds is 5. The molecule has 2 rings (SSSR count). The van der Waals surface area contributed by atoms with Crippen molar-refractivity contribution in [2.45, 2.75) is 46.5 Å². The molecule has 1 aliphatic rings. The van der Waals surface area contributed by atoms with Gasteiger partial charge in [-0.3, -0.25) is 4.79 Å². The van der Waals surface area contributed by atoms with Crippen LogP contribution >= 0.6 is 0 Å². The van der Waals surface area contributed by atoms with Gasteiger partial charge in [0.1, 0.15) is 0 Å². The van der Waals surface area contributed by atoms with E-state index in [9.17, 15) is 4.79 Å². The predicted octanol–water partition coefficient (Wildman–Crippen LogP) is 3.52. The molecule has 1 amide bonds. The molecule has 3 heteroatoms. The van der Waals surface area contributed by atoms with E-state index in [1.165, 1.54) is 24.0 Å². The summed E-state index contributed by atoms with van der Waals surface area (Å²) < 4.78 is 0. The molecule has 0 aliphatic carbocycles. The summed E-state index contributed by atoms with van der Waals surface area (Å²) in [5.41, 5.74) is 3.52. The van der Waals surface area contributed by atoms with E-state index >= 15 is 0 Å². The average molecular weight is 288 g/mol. The van der Waals surface area contributed by atoms with Gasteiger partial charge in [-0.25, -0.2) is 0 Å². The van der Waals surface area contributed by atoms with Crippen molar-refractivity contribution in [3.05, 3.63) is 29.3 Å². The summed E-state index contributed by atoms with van der Waals surface area (Å²) in [6, 6.07) is 6.18. The highest BCUT2D eigenvalue weighted by molar-refractivity contribution is 5.91. The Hall–Kier alpha value is -1.35. The SMILES string of the molecule is CCc1cc(NC(=O)CC(C)C2CCCNC2)ccc1C. The lowest BCUT2D eigenvalue weighted by atomic mass is 9.85. The lowest BCUT2D eigenvalue weighted by Gasteiger charge is -2.28. The topological polar surface area (TPSA) is 41.1 Å². The van der Waals surface area contributed by atoms with Crippen molar-refractivity contribution >= 4 is 11.6 Å².